The van der Waals surface area contributed by atoms with Crippen LogP contribution in [0.25, 0.3) is 11.0 Å². The molecule has 1 spiro atoms. The van der Waals surface area contributed by atoms with E-state index >= 15 is 0 Å². The van der Waals surface area contributed by atoms with Crippen LogP contribution in [0.15, 0.2) is 83.9 Å². The number of benzene rings is 3. The van der Waals surface area contributed by atoms with E-state index in [9.17, 15) is 28.4 Å². The summed E-state index contributed by atoms with van der Waals surface area (Å²) in [5.74, 6) is 0.177. The van der Waals surface area contributed by atoms with Gasteiger partial charge in [0, 0.05) is 55.1 Å². The number of nitrogens with one attached hydrogen (secondary N) is 3. The molecule has 0 radical (unpaired) electrons. The highest BCUT2D eigenvalue weighted by molar-refractivity contribution is 7.90. The number of hydrogen-bond acceptors (Lipinski definition) is 13. The highest BCUT2D eigenvalue weighted by atomic mass is 32.2. The summed E-state index contributed by atoms with van der Waals surface area (Å²) in [5.41, 5.74) is 5.07. The van der Waals surface area contributed by atoms with Gasteiger partial charge in [0.1, 0.15) is 23.1 Å². The Labute approximate surface area is 409 Å². The monoisotopic (exact) mass is 972 g/mol. The van der Waals surface area contributed by atoms with Crippen LogP contribution in [0.2, 0.25) is 0 Å². The second-order valence-corrected chi connectivity index (χ2v) is 23.2. The van der Waals surface area contributed by atoms with Crippen LogP contribution in [0, 0.1) is 21.4 Å². The predicted octanol–water partition coefficient (Wildman–Crippen LogP) is 8.95. The van der Waals surface area contributed by atoms with Gasteiger partial charge in [-0.05, 0) is 149 Å². The van der Waals surface area contributed by atoms with E-state index in [-0.39, 0.29) is 28.6 Å². The third kappa shape index (κ3) is 8.76. The van der Waals surface area contributed by atoms with Gasteiger partial charge in [0.05, 0.1) is 45.9 Å². The fraction of sp³-hybridized carbons (Fsp3) is 0.509. The molecule has 3 atom stereocenters. The van der Waals surface area contributed by atoms with E-state index in [1.165, 1.54) is 48.9 Å². The first-order chi connectivity index (χ1) is 33.6. The summed E-state index contributed by atoms with van der Waals surface area (Å²) in [6, 6.07) is 22.8. The molecule has 4 aliphatic heterocycles. The zero-order chi connectivity index (χ0) is 48.5. The minimum atomic E-state index is -4.61. The molecule has 4 N–H and O–H groups in total. The van der Waals surface area contributed by atoms with Gasteiger partial charge in [-0.25, -0.2) is 13.1 Å². The number of rotatable bonds is 12. The van der Waals surface area contributed by atoms with Crippen molar-refractivity contribution in [3.63, 3.8) is 0 Å². The first kappa shape index (κ1) is 46.6. The van der Waals surface area contributed by atoms with Crippen LogP contribution in [-0.2, 0) is 14.8 Å². The summed E-state index contributed by atoms with van der Waals surface area (Å²) in [6.07, 6.45) is 11.1. The Morgan fingerprint density at radius 2 is 1.76 bits per heavy atom. The average molecular weight is 973 g/mol. The highest BCUT2D eigenvalue weighted by Gasteiger charge is 2.50. The summed E-state index contributed by atoms with van der Waals surface area (Å²) in [6.45, 7) is 10.3. The number of nitrogens with zero attached hydrogens (tertiary/aromatic N) is 5. The molecule has 1 amide bonds. The maximum Gasteiger partial charge on any atom is 0.293 e. The van der Waals surface area contributed by atoms with E-state index in [2.05, 4.69) is 62.9 Å². The van der Waals surface area contributed by atoms with Crippen LogP contribution in [0.5, 0.6) is 5.88 Å². The molecule has 16 nitrogen and oxygen atoms in total. The normalized spacial score (nSPS) is 25.7. The lowest BCUT2D eigenvalue weighted by Crippen LogP contribution is -2.55. The fourth-order valence-corrected chi connectivity index (χ4v) is 13.5. The third-order valence-corrected chi connectivity index (χ3v) is 17.9. The maximum absolute atomic E-state index is 14.6. The lowest BCUT2D eigenvalue weighted by molar-refractivity contribution is -0.384. The quantitative estimate of drug-likeness (QED) is 0.0684. The first-order valence-corrected chi connectivity index (χ1v) is 26.7. The van der Waals surface area contributed by atoms with E-state index < -0.39 is 43.1 Å². The van der Waals surface area contributed by atoms with E-state index in [0.717, 1.165) is 62.5 Å². The molecule has 0 unspecified atom stereocenters. The first-order valence-electron chi connectivity index (χ1n) is 25.2. The number of sulfonamides is 1. The average Bonchev–Trinajstić information content (AvgIpc) is 4.13. The largest absolute Gasteiger partial charge is 0.468 e. The van der Waals surface area contributed by atoms with Gasteiger partial charge in [-0.3, -0.25) is 19.8 Å². The van der Waals surface area contributed by atoms with Gasteiger partial charge in [0.2, 0.25) is 5.88 Å². The van der Waals surface area contributed by atoms with Gasteiger partial charge in [-0.15, -0.1) is 0 Å². The van der Waals surface area contributed by atoms with E-state index in [0.29, 0.717) is 73.5 Å². The lowest BCUT2D eigenvalue weighted by Gasteiger charge is -2.56. The van der Waals surface area contributed by atoms with Crippen LogP contribution in [0.3, 0.4) is 0 Å². The van der Waals surface area contributed by atoms with Crippen LogP contribution in [0.1, 0.15) is 118 Å². The Morgan fingerprint density at radius 3 is 2.53 bits per heavy atom. The highest BCUT2D eigenvalue weighted by Crippen LogP contribution is 2.55. The number of aromatic nitrogens is 2. The van der Waals surface area contributed by atoms with Crippen LogP contribution >= 0.6 is 0 Å². The molecule has 0 bridgehead atoms. The van der Waals surface area contributed by atoms with Gasteiger partial charge >= 0.3 is 0 Å². The van der Waals surface area contributed by atoms with Crippen molar-refractivity contribution in [2.45, 2.75) is 126 Å². The minimum Gasteiger partial charge on any atom is -0.468 e. The van der Waals surface area contributed by atoms with Crippen molar-refractivity contribution < 1.29 is 32.7 Å². The predicted molar refractivity (Wildman–Crippen MR) is 269 cm³/mol. The van der Waals surface area contributed by atoms with Gasteiger partial charge in [-0.1, -0.05) is 38.1 Å². The van der Waals surface area contributed by atoms with Gasteiger partial charge in [0.15, 0.2) is 0 Å². The number of aliphatic hydroxyl groups is 1. The number of amides is 1. The number of carbonyl (C=O) groups is 1. The summed E-state index contributed by atoms with van der Waals surface area (Å²) in [4.78, 5) is 41.1. The van der Waals surface area contributed by atoms with Crippen LogP contribution < -0.4 is 24.6 Å². The SMILES string of the molecule is CC(C)c1ccccc1[C@@H]1CCCN1C1CC2(CCN(c3ccc(C(=O)NS(=O)(=O)c4ccc(NCC5CCC(C)(O)CC5)c([N+](=O)[O-])c4)c(N4c5cc6cc[nH]c6nc5O[C@H]5COC[C@H]54)c3)CC2)C1. The molecule has 17 heteroatoms. The number of aromatic amines is 1. The number of carbonyl (C=O) groups excluding carboxylic acids is 1. The van der Waals surface area contributed by atoms with Gasteiger partial charge in [0.25, 0.3) is 21.6 Å². The van der Waals surface area contributed by atoms with E-state index in [1.54, 1.807) is 12.3 Å². The topological polar surface area (TPSA) is 196 Å². The Bertz CT molecular complexity index is 2910. The van der Waals surface area contributed by atoms with Crippen molar-refractivity contribution in [3.05, 3.63) is 106 Å². The number of likely N-dealkylation sites (tertiary alicyclic amines) is 1. The third-order valence-electron chi connectivity index (χ3n) is 16.6. The number of pyridine rings is 1. The van der Waals surface area contributed by atoms with Crippen molar-refractivity contribution >= 4 is 55.4 Å². The number of fused-ring (bicyclic) bond motifs is 3. The second-order valence-electron chi connectivity index (χ2n) is 21.5. The number of hydrogen-bond donors (Lipinski definition) is 4. The van der Waals surface area contributed by atoms with Crippen LogP contribution in [-0.4, -0.2) is 102 Å². The van der Waals surface area contributed by atoms with E-state index in [1.807, 2.05) is 36.1 Å². The molecule has 2 aliphatic carbocycles. The maximum atomic E-state index is 14.6. The molecule has 370 valence electrons. The summed E-state index contributed by atoms with van der Waals surface area (Å²) >= 11 is 0. The molecule has 2 aromatic heterocycles. The molecule has 5 fully saturated rings. The number of ether oxygens (including phenoxy) is 2. The Balaban J connectivity index is 0.856. The molecule has 6 aliphatic rings. The molecule has 11 rings (SSSR count). The Kier molecular flexibility index (Phi) is 12.1. The Morgan fingerprint density at radius 1 is 0.971 bits per heavy atom. The molecular weight excluding hydrogens is 909 g/mol. The summed E-state index contributed by atoms with van der Waals surface area (Å²) < 4.78 is 42.9. The van der Waals surface area contributed by atoms with Crippen molar-refractivity contribution in [2.24, 2.45) is 11.3 Å². The molecular formula is C53H64N8O8S. The number of nitro groups is 1. The smallest absolute Gasteiger partial charge is 0.293 e. The molecule has 70 heavy (non-hydrogen) atoms. The number of anilines is 4. The molecule has 2 saturated carbocycles. The molecule has 6 heterocycles. The van der Waals surface area contributed by atoms with Crippen molar-refractivity contribution in [2.75, 3.05) is 54.5 Å². The lowest BCUT2D eigenvalue weighted by atomic mass is 9.59. The van der Waals surface area contributed by atoms with Crippen LogP contribution in [0.4, 0.5) is 28.4 Å². The second kappa shape index (κ2) is 18.1. The van der Waals surface area contributed by atoms with Crippen molar-refractivity contribution in [3.8, 4) is 5.88 Å². The van der Waals surface area contributed by atoms with Crippen molar-refractivity contribution in [1.29, 1.82) is 0 Å². The number of H-pyrrole nitrogens is 1. The minimum absolute atomic E-state index is 0.105. The fourth-order valence-electron chi connectivity index (χ4n) is 12.5. The number of nitro benzene ring substituents is 1. The van der Waals surface area contributed by atoms with Crippen molar-refractivity contribution in [1.82, 2.24) is 19.6 Å². The molecule has 3 saturated heterocycles. The number of piperidine rings is 1. The van der Waals surface area contributed by atoms with E-state index in [4.69, 9.17) is 14.5 Å². The summed E-state index contributed by atoms with van der Waals surface area (Å²) in [7, 11) is -4.61. The zero-order valence-electron chi connectivity index (χ0n) is 40.2. The zero-order valence-corrected chi connectivity index (χ0v) is 41.0. The molecule has 5 aromatic rings. The molecule has 3 aromatic carbocycles. The summed E-state index contributed by atoms with van der Waals surface area (Å²) in [5, 5.41) is 26.7. The van der Waals surface area contributed by atoms with Gasteiger partial charge in [-0.2, -0.15) is 4.98 Å². The Hall–Kier alpha value is -5.75. The van der Waals surface area contributed by atoms with Gasteiger partial charge < -0.3 is 34.7 Å². The standard InChI is InChI=1S/C53H64N8O8S/c1-33(2)39-7-4-5-8-40(39)43-9-6-22-59(43)37-28-53(29-37)19-23-58(24-20-53)36-10-12-41(44(26-36)60-46-25-35-16-21-54-49(35)56-51(46)69-48-32-68-31-47(48)60)50(62)57-70(66,67)38-11-13-42(45(27-38)61(64)65)55-30-34-14-17-52(3,63)18-15-34/h4-5,7-8,10-13,16,21,25-27,33-34,37,43,47-48,55,63H,6,9,14-15,17-20,22-24,28-32H2,1-3H3,(H,54,56)(H,57,62)/t34?,43-,47+,48-,52?/m0/s1.